The fraction of sp³-hybridized carbons (Fsp3) is 0.714. The SMILES string of the molecule is CNc1nc(C(C)C)nc(NCC(C)CCO)c1C. The van der Waals surface area contributed by atoms with Gasteiger partial charge in [0.1, 0.15) is 17.5 Å². The van der Waals surface area contributed by atoms with Crippen LogP contribution in [-0.4, -0.2) is 35.3 Å². The monoisotopic (exact) mass is 266 g/mol. The predicted molar refractivity (Wildman–Crippen MR) is 79.8 cm³/mol. The fourth-order valence-electron chi connectivity index (χ4n) is 1.80. The zero-order chi connectivity index (χ0) is 14.4. The number of aromatic nitrogens is 2. The Labute approximate surface area is 115 Å². The standard InChI is InChI=1S/C14H26N4O/c1-9(2)12-17-13(15-5)11(4)14(18-12)16-8-10(3)6-7-19/h9-10,19H,6-8H2,1-5H3,(H2,15,16,17,18). The van der Waals surface area contributed by atoms with Crippen molar-refractivity contribution in [2.24, 2.45) is 5.92 Å². The van der Waals surface area contributed by atoms with Gasteiger partial charge in [0, 0.05) is 31.7 Å². The van der Waals surface area contributed by atoms with E-state index >= 15 is 0 Å². The molecule has 1 aromatic rings. The topological polar surface area (TPSA) is 70.1 Å². The van der Waals surface area contributed by atoms with E-state index < -0.39 is 0 Å². The third kappa shape index (κ3) is 4.35. The Kier molecular flexibility index (Phi) is 6.02. The number of nitrogens with zero attached hydrogens (tertiary/aromatic N) is 2. The van der Waals surface area contributed by atoms with Crippen LogP contribution in [0.1, 0.15) is 44.5 Å². The summed E-state index contributed by atoms with van der Waals surface area (Å²) in [7, 11) is 1.87. The van der Waals surface area contributed by atoms with E-state index in [1.807, 2.05) is 14.0 Å². The van der Waals surface area contributed by atoms with Gasteiger partial charge in [-0.25, -0.2) is 9.97 Å². The van der Waals surface area contributed by atoms with Crippen molar-refractivity contribution in [2.45, 2.75) is 40.0 Å². The first-order chi connectivity index (χ1) is 8.99. The van der Waals surface area contributed by atoms with Gasteiger partial charge < -0.3 is 15.7 Å². The molecule has 0 aliphatic carbocycles. The quantitative estimate of drug-likeness (QED) is 0.707. The molecular weight excluding hydrogens is 240 g/mol. The van der Waals surface area contributed by atoms with Crippen LogP contribution in [0.2, 0.25) is 0 Å². The van der Waals surface area contributed by atoms with E-state index in [9.17, 15) is 0 Å². The van der Waals surface area contributed by atoms with Crippen LogP contribution < -0.4 is 10.6 Å². The van der Waals surface area contributed by atoms with E-state index in [2.05, 4.69) is 41.4 Å². The van der Waals surface area contributed by atoms with Crippen LogP contribution in [0.4, 0.5) is 11.6 Å². The van der Waals surface area contributed by atoms with Gasteiger partial charge in [0.2, 0.25) is 0 Å². The maximum atomic E-state index is 8.92. The summed E-state index contributed by atoms with van der Waals surface area (Å²) < 4.78 is 0. The Bertz CT molecular complexity index is 407. The highest BCUT2D eigenvalue weighted by atomic mass is 16.3. The molecule has 1 unspecified atom stereocenters. The van der Waals surface area contributed by atoms with Crippen LogP contribution in [0, 0.1) is 12.8 Å². The summed E-state index contributed by atoms with van der Waals surface area (Å²) in [6.45, 7) is 9.32. The number of nitrogens with one attached hydrogen (secondary N) is 2. The van der Waals surface area contributed by atoms with Crippen LogP contribution in [0.3, 0.4) is 0 Å². The third-order valence-electron chi connectivity index (χ3n) is 3.16. The number of rotatable bonds is 7. The van der Waals surface area contributed by atoms with Crippen molar-refractivity contribution < 1.29 is 5.11 Å². The summed E-state index contributed by atoms with van der Waals surface area (Å²) in [5, 5.41) is 15.4. The molecule has 1 heterocycles. The second-order valence-electron chi connectivity index (χ2n) is 5.31. The number of hydrogen-bond donors (Lipinski definition) is 3. The Morgan fingerprint density at radius 1 is 1.16 bits per heavy atom. The summed E-state index contributed by atoms with van der Waals surface area (Å²) in [6, 6.07) is 0. The van der Waals surface area contributed by atoms with Crippen LogP contribution >= 0.6 is 0 Å². The molecule has 3 N–H and O–H groups in total. The Hall–Kier alpha value is -1.36. The highest BCUT2D eigenvalue weighted by Crippen LogP contribution is 2.23. The van der Waals surface area contributed by atoms with E-state index in [0.717, 1.165) is 36.0 Å². The maximum Gasteiger partial charge on any atom is 0.135 e. The summed E-state index contributed by atoms with van der Waals surface area (Å²) in [5.74, 6) is 3.30. The van der Waals surface area contributed by atoms with Crippen molar-refractivity contribution in [3.05, 3.63) is 11.4 Å². The van der Waals surface area contributed by atoms with Crippen molar-refractivity contribution in [1.82, 2.24) is 9.97 Å². The van der Waals surface area contributed by atoms with E-state index in [1.54, 1.807) is 0 Å². The van der Waals surface area contributed by atoms with Crippen LogP contribution in [0.15, 0.2) is 0 Å². The lowest BCUT2D eigenvalue weighted by molar-refractivity contribution is 0.266. The smallest absolute Gasteiger partial charge is 0.135 e. The van der Waals surface area contributed by atoms with Gasteiger partial charge in [0.15, 0.2) is 0 Å². The maximum absolute atomic E-state index is 8.92. The summed E-state index contributed by atoms with van der Waals surface area (Å²) in [4.78, 5) is 9.10. The molecule has 0 aromatic carbocycles. The molecule has 108 valence electrons. The highest BCUT2D eigenvalue weighted by molar-refractivity contribution is 5.57. The highest BCUT2D eigenvalue weighted by Gasteiger charge is 2.12. The van der Waals surface area contributed by atoms with Crippen molar-refractivity contribution in [3.63, 3.8) is 0 Å². The zero-order valence-corrected chi connectivity index (χ0v) is 12.6. The van der Waals surface area contributed by atoms with Crippen LogP contribution in [-0.2, 0) is 0 Å². The van der Waals surface area contributed by atoms with Crippen molar-refractivity contribution >= 4 is 11.6 Å². The molecule has 1 rings (SSSR count). The molecule has 0 aliphatic rings. The molecule has 0 saturated carbocycles. The van der Waals surface area contributed by atoms with Gasteiger partial charge in [-0.1, -0.05) is 20.8 Å². The predicted octanol–water partition coefficient (Wildman–Crippen LogP) is 2.38. The molecule has 5 heteroatoms. The average Bonchev–Trinajstić information content (AvgIpc) is 2.37. The van der Waals surface area contributed by atoms with Gasteiger partial charge >= 0.3 is 0 Å². The fourth-order valence-corrected chi connectivity index (χ4v) is 1.80. The van der Waals surface area contributed by atoms with E-state index in [-0.39, 0.29) is 6.61 Å². The minimum Gasteiger partial charge on any atom is -0.396 e. The Morgan fingerprint density at radius 3 is 2.32 bits per heavy atom. The summed E-state index contributed by atoms with van der Waals surface area (Å²) in [5.41, 5.74) is 1.03. The largest absolute Gasteiger partial charge is 0.396 e. The van der Waals surface area contributed by atoms with Crippen molar-refractivity contribution in [3.8, 4) is 0 Å². The average molecular weight is 266 g/mol. The number of aliphatic hydroxyl groups excluding tert-OH is 1. The second-order valence-corrected chi connectivity index (χ2v) is 5.31. The minimum atomic E-state index is 0.227. The molecule has 0 fully saturated rings. The molecule has 19 heavy (non-hydrogen) atoms. The third-order valence-corrected chi connectivity index (χ3v) is 3.16. The molecule has 0 saturated heterocycles. The lowest BCUT2D eigenvalue weighted by Crippen LogP contribution is -2.16. The number of aliphatic hydroxyl groups is 1. The number of hydrogen-bond acceptors (Lipinski definition) is 5. The van der Waals surface area contributed by atoms with Crippen molar-refractivity contribution in [1.29, 1.82) is 0 Å². The van der Waals surface area contributed by atoms with Crippen LogP contribution in [0.25, 0.3) is 0 Å². The Morgan fingerprint density at radius 2 is 1.79 bits per heavy atom. The zero-order valence-electron chi connectivity index (χ0n) is 12.6. The molecule has 0 aliphatic heterocycles. The van der Waals surface area contributed by atoms with Crippen LogP contribution in [0.5, 0.6) is 0 Å². The number of anilines is 2. The first-order valence-electron chi connectivity index (χ1n) is 6.90. The van der Waals surface area contributed by atoms with E-state index in [1.165, 1.54) is 0 Å². The van der Waals surface area contributed by atoms with Gasteiger partial charge in [-0.2, -0.15) is 0 Å². The van der Waals surface area contributed by atoms with Gasteiger partial charge in [0.25, 0.3) is 0 Å². The lowest BCUT2D eigenvalue weighted by Gasteiger charge is -2.17. The van der Waals surface area contributed by atoms with Gasteiger partial charge in [0.05, 0.1) is 0 Å². The van der Waals surface area contributed by atoms with Gasteiger partial charge in [-0.15, -0.1) is 0 Å². The van der Waals surface area contributed by atoms with Crippen molar-refractivity contribution in [2.75, 3.05) is 30.8 Å². The van der Waals surface area contributed by atoms with Gasteiger partial charge in [-0.3, -0.25) is 0 Å². The van der Waals surface area contributed by atoms with E-state index in [0.29, 0.717) is 11.8 Å². The molecule has 0 radical (unpaired) electrons. The Balaban J connectivity index is 2.89. The second kappa shape index (κ2) is 7.28. The lowest BCUT2D eigenvalue weighted by atomic mass is 10.1. The normalized spacial score (nSPS) is 12.6. The van der Waals surface area contributed by atoms with Gasteiger partial charge in [-0.05, 0) is 19.3 Å². The molecule has 1 aromatic heterocycles. The van der Waals surface area contributed by atoms with E-state index in [4.69, 9.17) is 5.11 Å². The summed E-state index contributed by atoms with van der Waals surface area (Å²) in [6.07, 6.45) is 0.799. The molecule has 0 amide bonds. The summed E-state index contributed by atoms with van der Waals surface area (Å²) >= 11 is 0. The molecule has 5 nitrogen and oxygen atoms in total. The molecule has 0 bridgehead atoms. The molecule has 1 atom stereocenters. The molecule has 0 spiro atoms. The first kappa shape index (κ1) is 15.7. The minimum absolute atomic E-state index is 0.227. The molecular formula is C14H26N4O. The first-order valence-corrected chi connectivity index (χ1v) is 6.90.